The summed E-state index contributed by atoms with van der Waals surface area (Å²) in [5.74, 6) is -0.0994. The van der Waals surface area contributed by atoms with Crippen LogP contribution in [0.4, 0.5) is 11.4 Å². The maximum absolute atomic E-state index is 12.0. The number of amides is 1. The average Bonchev–Trinajstić information content (AvgIpc) is 2.41. The Kier molecular flexibility index (Phi) is 4.49. The van der Waals surface area contributed by atoms with Crippen LogP contribution in [-0.2, 0) is 4.79 Å². The lowest BCUT2D eigenvalue weighted by atomic mass is 9.99. The van der Waals surface area contributed by atoms with Crippen LogP contribution in [0.15, 0.2) is 22.7 Å². The first-order valence-corrected chi connectivity index (χ1v) is 6.83. The normalized spacial score (nSPS) is 18.9. The van der Waals surface area contributed by atoms with Crippen LogP contribution >= 0.6 is 15.9 Å². The molecule has 1 fully saturated rings. The second-order valence-corrected chi connectivity index (χ2v) is 5.31. The fourth-order valence-electron chi connectivity index (χ4n) is 2.03. The van der Waals surface area contributed by atoms with E-state index in [0.29, 0.717) is 16.7 Å². The van der Waals surface area contributed by atoms with Crippen molar-refractivity contribution in [2.75, 3.05) is 18.4 Å². The molecule has 1 heterocycles. The highest BCUT2D eigenvalue weighted by molar-refractivity contribution is 9.10. The maximum Gasteiger partial charge on any atom is 0.270 e. The molecule has 7 heteroatoms. The smallest absolute Gasteiger partial charge is 0.270 e. The number of nitro benzene ring substituents is 1. The molecule has 0 aromatic heterocycles. The van der Waals surface area contributed by atoms with E-state index in [-0.39, 0.29) is 17.5 Å². The molecule has 6 nitrogen and oxygen atoms in total. The third-order valence-corrected chi connectivity index (χ3v) is 3.75. The van der Waals surface area contributed by atoms with Gasteiger partial charge in [0.15, 0.2) is 0 Å². The summed E-state index contributed by atoms with van der Waals surface area (Å²) < 4.78 is 0.513. The number of rotatable bonds is 3. The zero-order chi connectivity index (χ0) is 13.8. The van der Waals surface area contributed by atoms with Gasteiger partial charge < -0.3 is 10.6 Å². The quantitative estimate of drug-likeness (QED) is 0.659. The highest BCUT2D eigenvalue weighted by Crippen LogP contribution is 2.27. The Bertz CT molecular complexity index is 501. The first-order valence-electron chi connectivity index (χ1n) is 6.03. The number of nitrogens with one attached hydrogen (secondary N) is 2. The minimum Gasteiger partial charge on any atom is -0.325 e. The summed E-state index contributed by atoms with van der Waals surface area (Å²) in [6.45, 7) is 1.63. The summed E-state index contributed by atoms with van der Waals surface area (Å²) in [6.07, 6.45) is 1.85. The Morgan fingerprint density at radius 3 is 2.89 bits per heavy atom. The van der Waals surface area contributed by atoms with Crippen molar-refractivity contribution in [3.63, 3.8) is 0 Å². The molecule has 1 amide bonds. The molecule has 0 aliphatic carbocycles. The summed E-state index contributed by atoms with van der Waals surface area (Å²) in [6, 6.07) is 4.30. The van der Waals surface area contributed by atoms with E-state index in [2.05, 4.69) is 26.6 Å². The van der Waals surface area contributed by atoms with Gasteiger partial charge in [-0.1, -0.05) is 0 Å². The number of halogens is 1. The van der Waals surface area contributed by atoms with E-state index < -0.39 is 4.92 Å². The third kappa shape index (κ3) is 3.51. The molecule has 2 rings (SSSR count). The SMILES string of the molecule is O=C(Nc1ccc([N+](=O)[O-])cc1Br)C1CCCNC1. The van der Waals surface area contributed by atoms with E-state index in [1.165, 1.54) is 18.2 Å². The average molecular weight is 328 g/mol. The molecule has 1 atom stereocenters. The molecule has 19 heavy (non-hydrogen) atoms. The lowest BCUT2D eigenvalue weighted by Crippen LogP contribution is -2.37. The lowest BCUT2D eigenvalue weighted by Gasteiger charge is -2.22. The van der Waals surface area contributed by atoms with Gasteiger partial charge in [0.25, 0.3) is 5.69 Å². The molecular weight excluding hydrogens is 314 g/mol. The Hall–Kier alpha value is -1.47. The molecule has 1 aromatic rings. The molecule has 0 saturated carbocycles. The molecular formula is C12H14BrN3O3. The number of benzene rings is 1. The molecule has 0 spiro atoms. The van der Waals surface area contributed by atoms with E-state index >= 15 is 0 Å². The van der Waals surface area contributed by atoms with Gasteiger partial charge in [0.1, 0.15) is 0 Å². The topological polar surface area (TPSA) is 84.3 Å². The van der Waals surface area contributed by atoms with Crippen molar-refractivity contribution in [3.8, 4) is 0 Å². The van der Waals surface area contributed by atoms with Gasteiger partial charge in [-0.25, -0.2) is 0 Å². The van der Waals surface area contributed by atoms with Crippen molar-refractivity contribution in [2.24, 2.45) is 5.92 Å². The van der Waals surface area contributed by atoms with Gasteiger partial charge in [0.2, 0.25) is 5.91 Å². The second-order valence-electron chi connectivity index (χ2n) is 4.45. The number of carbonyl (C=O) groups is 1. The molecule has 0 radical (unpaired) electrons. The largest absolute Gasteiger partial charge is 0.325 e. The van der Waals surface area contributed by atoms with Gasteiger partial charge in [0.05, 0.1) is 16.5 Å². The molecule has 1 aromatic carbocycles. The standard InChI is InChI=1S/C12H14BrN3O3/c13-10-6-9(16(18)19)3-4-11(10)15-12(17)8-2-1-5-14-7-8/h3-4,6,8,14H,1-2,5,7H2,(H,15,17). The number of nitrogens with zero attached hydrogens (tertiary/aromatic N) is 1. The van der Waals surface area contributed by atoms with Crippen LogP contribution < -0.4 is 10.6 Å². The predicted octanol–water partition coefficient (Wildman–Crippen LogP) is 2.30. The van der Waals surface area contributed by atoms with E-state index in [1.807, 2.05) is 0 Å². The Morgan fingerprint density at radius 1 is 1.53 bits per heavy atom. The van der Waals surface area contributed by atoms with Gasteiger partial charge in [-0.15, -0.1) is 0 Å². The van der Waals surface area contributed by atoms with Gasteiger partial charge >= 0.3 is 0 Å². The zero-order valence-corrected chi connectivity index (χ0v) is 11.8. The minimum atomic E-state index is -0.471. The summed E-state index contributed by atoms with van der Waals surface area (Å²) in [4.78, 5) is 22.2. The van der Waals surface area contributed by atoms with Crippen molar-refractivity contribution in [1.82, 2.24) is 5.32 Å². The highest BCUT2D eigenvalue weighted by Gasteiger charge is 2.21. The summed E-state index contributed by atoms with van der Waals surface area (Å²) >= 11 is 3.23. The Balaban J connectivity index is 2.06. The van der Waals surface area contributed by atoms with Crippen LogP contribution in [0.25, 0.3) is 0 Å². The number of carbonyl (C=O) groups excluding carboxylic acids is 1. The first kappa shape index (κ1) is 14.0. The highest BCUT2D eigenvalue weighted by atomic mass is 79.9. The molecule has 102 valence electrons. The van der Waals surface area contributed by atoms with Crippen LogP contribution in [-0.4, -0.2) is 23.9 Å². The van der Waals surface area contributed by atoms with Crippen LogP contribution in [0.5, 0.6) is 0 Å². The van der Waals surface area contributed by atoms with E-state index in [1.54, 1.807) is 0 Å². The Labute approximate surface area is 118 Å². The number of non-ortho nitro benzene ring substituents is 1. The minimum absolute atomic E-state index is 0.00999. The fourth-order valence-corrected chi connectivity index (χ4v) is 2.50. The molecule has 2 N–H and O–H groups in total. The van der Waals surface area contributed by atoms with Crippen molar-refractivity contribution >= 4 is 33.2 Å². The second kappa shape index (κ2) is 6.12. The number of anilines is 1. The summed E-state index contributed by atoms with van der Waals surface area (Å²) in [5, 5.41) is 16.6. The summed E-state index contributed by atoms with van der Waals surface area (Å²) in [5.41, 5.74) is 0.547. The fraction of sp³-hybridized carbons (Fsp3) is 0.417. The van der Waals surface area contributed by atoms with Crippen LogP contribution in [0, 0.1) is 16.0 Å². The molecule has 0 bridgehead atoms. The first-order chi connectivity index (χ1) is 9.08. The molecule has 1 aliphatic rings. The lowest BCUT2D eigenvalue weighted by molar-refractivity contribution is -0.384. The van der Waals surface area contributed by atoms with Crippen molar-refractivity contribution in [2.45, 2.75) is 12.8 Å². The monoisotopic (exact) mass is 327 g/mol. The molecule has 1 unspecified atom stereocenters. The number of piperidine rings is 1. The van der Waals surface area contributed by atoms with Gasteiger partial charge in [-0.2, -0.15) is 0 Å². The Morgan fingerprint density at radius 2 is 2.32 bits per heavy atom. The van der Waals surface area contributed by atoms with Gasteiger partial charge in [-0.05, 0) is 41.4 Å². The number of hydrogen-bond donors (Lipinski definition) is 2. The zero-order valence-electron chi connectivity index (χ0n) is 10.2. The van der Waals surface area contributed by atoms with Crippen LogP contribution in [0.1, 0.15) is 12.8 Å². The van der Waals surface area contributed by atoms with E-state index in [4.69, 9.17) is 0 Å². The van der Waals surface area contributed by atoms with Gasteiger partial charge in [0, 0.05) is 23.2 Å². The molecule has 1 saturated heterocycles. The maximum atomic E-state index is 12.0. The van der Waals surface area contributed by atoms with Crippen molar-refractivity contribution < 1.29 is 9.72 Å². The van der Waals surface area contributed by atoms with Crippen molar-refractivity contribution in [3.05, 3.63) is 32.8 Å². The van der Waals surface area contributed by atoms with E-state index in [0.717, 1.165) is 19.4 Å². The molecule has 1 aliphatic heterocycles. The third-order valence-electron chi connectivity index (χ3n) is 3.09. The number of hydrogen-bond acceptors (Lipinski definition) is 4. The van der Waals surface area contributed by atoms with Crippen LogP contribution in [0.3, 0.4) is 0 Å². The summed E-state index contributed by atoms with van der Waals surface area (Å²) in [7, 11) is 0. The van der Waals surface area contributed by atoms with E-state index in [9.17, 15) is 14.9 Å². The van der Waals surface area contributed by atoms with Crippen molar-refractivity contribution in [1.29, 1.82) is 0 Å². The number of nitro groups is 1. The van der Waals surface area contributed by atoms with Gasteiger partial charge in [-0.3, -0.25) is 14.9 Å². The predicted molar refractivity (Wildman–Crippen MR) is 75.0 cm³/mol. The van der Waals surface area contributed by atoms with Crippen LogP contribution in [0.2, 0.25) is 0 Å².